The first-order valence-corrected chi connectivity index (χ1v) is 8.64. The average Bonchev–Trinajstić information content (AvgIpc) is 3.12. The van der Waals surface area contributed by atoms with E-state index in [0.717, 1.165) is 41.9 Å². The molecule has 124 valence electrons. The Morgan fingerprint density at radius 2 is 1.67 bits per heavy atom. The Morgan fingerprint density at radius 3 is 2.33 bits per heavy atom. The van der Waals surface area contributed by atoms with Crippen molar-refractivity contribution in [2.45, 2.75) is 26.4 Å². The summed E-state index contributed by atoms with van der Waals surface area (Å²) in [6, 6.07) is 14.0. The lowest BCUT2D eigenvalue weighted by molar-refractivity contribution is 0.0728. The molecule has 2 saturated heterocycles. The van der Waals surface area contributed by atoms with Gasteiger partial charge in [0.15, 0.2) is 0 Å². The van der Waals surface area contributed by atoms with Crippen molar-refractivity contribution in [1.82, 2.24) is 10.0 Å². The summed E-state index contributed by atoms with van der Waals surface area (Å²) in [5.41, 5.74) is 4.33. The molecule has 24 heavy (non-hydrogen) atoms. The second-order valence-corrected chi connectivity index (χ2v) is 6.89. The van der Waals surface area contributed by atoms with E-state index in [4.69, 9.17) is 11.6 Å². The third-order valence-electron chi connectivity index (χ3n) is 4.87. The number of urea groups is 1. The van der Waals surface area contributed by atoms with Crippen LogP contribution < -0.4 is 4.90 Å². The van der Waals surface area contributed by atoms with Gasteiger partial charge in [0.05, 0.1) is 5.69 Å². The summed E-state index contributed by atoms with van der Waals surface area (Å²) in [6.45, 7) is 5.80. The highest BCUT2D eigenvalue weighted by molar-refractivity contribution is 6.30. The summed E-state index contributed by atoms with van der Waals surface area (Å²) in [6.07, 6.45) is 0.897. The summed E-state index contributed by atoms with van der Waals surface area (Å²) in [7, 11) is 0. The van der Waals surface area contributed by atoms with Gasteiger partial charge in [-0.1, -0.05) is 41.9 Å². The zero-order valence-electron chi connectivity index (χ0n) is 13.9. The second kappa shape index (κ2) is 5.80. The van der Waals surface area contributed by atoms with E-state index in [1.165, 1.54) is 0 Å². The standard InChI is InChI=1S/C19H20ClN3O/c1-13-5-3-6-14(2)17(13)23-18(15-7-9-16(20)10-8-15)21-11-4-12-22(21)19(23)24/h3,5-10,18H,4,11-12H2,1-2H3. The number of anilines is 1. The molecule has 0 aromatic heterocycles. The number of para-hydroxylation sites is 1. The molecular formula is C19H20ClN3O. The molecule has 2 aromatic rings. The lowest BCUT2D eigenvalue weighted by Gasteiger charge is -2.29. The number of halogens is 1. The number of rotatable bonds is 2. The van der Waals surface area contributed by atoms with E-state index in [9.17, 15) is 4.79 Å². The van der Waals surface area contributed by atoms with Gasteiger partial charge in [-0.15, -0.1) is 0 Å². The van der Waals surface area contributed by atoms with Crippen LogP contribution in [0, 0.1) is 13.8 Å². The average molecular weight is 342 g/mol. The summed E-state index contributed by atoms with van der Waals surface area (Å²) in [5.74, 6) is 0. The third kappa shape index (κ3) is 2.29. The Hall–Kier alpha value is -2.04. The largest absolute Gasteiger partial charge is 0.340 e. The van der Waals surface area contributed by atoms with Crippen molar-refractivity contribution in [3.05, 3.63) is 64.2 Å². The smallest absolute Gasteiger partial charge is 0.271 e. The highest BCUT2D eigenvalue weighted by atomic mass is 35.5. The third-order valence-corrected chi connectivity index (χ3v) is 5.12. The molecule has 2 amide bonds. The molecule has 4 nitrogen and oxygen atoms in total. The molecule has 5 heteroatoms. The van der Waals surface area contributed by atoms with Crippen molar-refractivity contribution in [3.8, 4) is 0 Å². The first-order chi connectivity index (χ1) is 11.6. The summed E-state index contributed by atoms with van der Waals surface area (Å²) < 4.78 is 0. The van der Waals surface area contributed by atoms with Gasteiger partial charge in [-0.2, -0.15) is 5.01 Å². The predicted molar refractivity (Wildman–Crippen MR) is 96.0 cm³/mol. The molecule has 2 aromatic carbocycles. The number of hydrogen-bond acceptors (Lipinski definition) is 2. The maximum absolute atomic E-state index is 13.1. The van der Waals surface area contributed by atoms with Gasteiger partial charge in [0.25, 0.3) is 0 Å². The molecule has 1 atom stereocenters. The van der Waals surface area contributed by atoms with Crippen LogP contribution >= 0.6 is 11.6 Å². The fourth-order valence-corrected chi connectivity index (χ4v) is 3.94. The summed E-state index contributed by atoms with van der Waals surface area (Å²) in [4.78, 5) is 15.1. The van der Waals surface area contributed by atoms with Gasteiger partial charge in [-0.05, 0) is 49.1 Å². The maximum atomic E-state index is 13.1. The van der Waals surface area contributed by atoms with Gasteiger partial charge < -0.3 is 0 Å². The molecule has 0 N–H and O–H groups in total. The maximum Gasteiger partial charge on any atom is 0.340 e. The highest BCUT2D eigenvalue weighted by Crippen LogP contribution is 2.42. The van der Waals surface area contributed by atoms with E-state index in [-0.39, 0.29) is 12.2 Å². The van der Waals surface area contributed by atoms with E-state index in [1.807, 2.05) is 40.2 Å². The number of hydrazine groups is 1. The van der Waals surface area contributed by atoms with E-state index >= 15 is 0 Å². The van der Waals surface area contributed by atoms with Crippen molar-refractivity contribution >= 4 is 23.3 Å². The number of nitrogens with zero attached hydrogens (tertiary/aromatic N) is 3. The molecule has 0 saturated carbocycles. The molecule has 2 aliphatic rings. The Balaban J connectivity index is 1.86. The van der Waals surface area contributed by atoms with Crippen LogP contribution in [0.4, 0.5) is 10.5 Å². The van der Waals surface area contributed by atoms with Crippen molar-refractivity contribution < 1.29 is 4.79 Å². The van der Waals surface area contributed by atoms with Crippen molar-refractivity contribution in [2.24, 2.45) is 0 Å². The molecule has 0 bridgehead atoms. The van der Waals surface area contributed by atoms with E-state index in [2.05, 4.69) is 31.0 Å². The predicted octanol–water partition coefficient (Wildman–Crippen LogP) is 4.52. The van der Waals surface area contributed by atoms with Gasteiger partial charge in [0, 0.05) is 18.1 Å². The minimum atomic E-state index is -0.114. The molecule has 0 aliphatic carbocycles. The molecule has 2 aliphatic heterocycles. The van der Waals surface area contributed by atoms with E-state index < -0.39 is 0 Å². The number of benzene rings is 2. The SMILES string of the molecule is Cc1cccc(C)c1N1C(=O)N2CCCN2C1c1ccc(Cl)cc1. The zero-order valence-corrected chi connectivity index (χ0v) is 14.6. The number of amides is 2. The molecular weight excluding hydrogens is 322 g/mol. The normalized spacial score (nSPS) is 20.8. The van der Waals surface area contributed by atoms with Crippen LogP contribution in [0.5, 0.6) is 0 Å². The number of carbonyl (C=O) groups is 1. The number of fused-ring (bicyclic) bond motifs is 1. The van der Waals surface area contributed by atoms with Crippen LogP contribution in [-0.2, 0) is 0 Å². The quantitative estimate of drug-likeness (QED) is 0.803. The van der Waals surface area contributed by atoms with Gasteiger partial charge in [0.1, 0.15) is 6.17 Å². The molecule has 4 rings (SSSR count). The Bertz CT molecular complexity index is 769. The van der Waals surface area contributed by atoms with Gasteiger partial charge in [-0.3, -0.25) is 9.91 Å². The number of hydrogen-bond donors (Lipinski definition) is 0. The summed E-state index contributed by atoms with van der Waals surface area (Å²) >= 11 is 6.06. The molecule has 0 spiro atoms. The van der Waals surface area contributed by atoms with Gasteiger partial charge in [-0.25, -0.2) is 4.79 Å². The minimum Gasteiger partial charge on any atom is -0.271 e. The first kappa shape index (κ1) is 15.5. The lowest BCUT2D eigenvalue weighted by atomic mass is 10.1. The molecule has 0 radical (unpaired) electrons. The van der Waals surface area contributed by atoms with Crippen molar-refractivity contribution in [2.75, 3.05) is 18.0 Å². The van der Waals surface area contributed by atoms with Crippen molar-refractivity contribution in [1.29, 1.82) is 0 Å². The van der Waals surface area contributed by atoms with Gasteiger partial charge in [0.2, 0.25) is 0 Å². The van der Waals surface area contributed by atoms with Crippen LogP contribution in [0.3, 0.4) is 0 Å². The minimum absolute atomic E-state index is 0.0600. The zero-order chi connectivity index (χ0) is 16.8. The molecule has 2 fully saturated rings. The molecule has 1 unspecified atom stereocenters. The fourth-order valence-electron chi connectivity index (χ4n) is 3.81. The topological polar surface area (TPSA) is 26.8 Å². The number of carbonyl (C=O) groups excluding carboxylic acids is 1. The highest BCUT2D eigenvalue weighted by Gasteiger charge is 2.48. The van der Waals surface area contributed by atoms with Crippen LogP contribution in [0.15, 0.2) is 42.5 Å². The first-order valence-electron chi connectivity index (χ1n) is 8.27. The van der Waals surface area contributed by atoms with Gasteiger partial charge >= 0.3 is 6.03 Å². The fraction of sp³-hybridized carbons (Fsp3) is 0.316. The van der Waals surface area contributed by atoms with Crippen molar-refractivity contribution in [3.63, 3.8) is 0 Å². The van der Waals surface area contributed by atoms with E-state index in [0.29, 0.717) is 5.02 Å². The van der Waals surface area contributed by atoms with Crippen LogP contribution in [0.1, 0.15) is 29.3 Å². The summed E-state index contributed by atoms with van der Waals surface area (Å²) in [5, 5.41) is 4.77. The monoisotopic (exact) mass is 341 g/mol. The van der Waals surface area contributed by atoms with Crippen LogP contribution in [-0.4, -0.2) is 29.1 Å². The van der Waals surface area contributed by atoms with Crippen LogP contribution in [0.2, 0.25) is 5.02 Å². The van der Waals surface area contributed by atoms with Crippen LogP contribution in [0.25, 0.3) is 0 Å². The second-order valence-electron chi connectivity index (χ2n) is 6.46. The molecule has 2 heterocycles. The van der Waals surface area contributed by atoms with E-state index in [1.54, 1.807) is 0 Å². The Labute approximate surface area is 147 Å². The Kier molecular flexibility index (Phi) is 3.74. The lowest BCUT2D eigenvalue weighted by Crippen LogP contribution is -2.33. The number of aryl methyl sites for hydroxylation is 2. The Morgan fingerprint density at radius 1 is 1.00 bits per heavy atom.